The van der Waals surface area contributed by atoms with E-state index >= 15 is 0 Å². The van der Waals surface area contributed by atoms with Crippen LogP contribution < -0.4 is 0 Å². The van der Waals surface area contributed by atoms with E-state index in [0.29, 0.717) is 24.1 Å². The summed E-state index contributed by atoms with van der Waals surface area (Å²) in [5.41, 5.74) is 0.867. The monoisotopic (exact) mass is 262 g/mol. The SMILES string of the molecule is O=C1OCC[C@H]1Sc1nnc(-c2ccccc2)o1. The number of thioether (sulfide) groups is 1. The number of rotatable bonds is 3. The molecule has 1 aliphatic rings. The minimum absolute atomic E-state index is 0.209. The molecular weight excluding hydrogens is 252 g/mol. The van der Waals surface area contributed by atoms with Crippen molar-refractivity contribution in [1.82, 2.24) is 10.2 Å². The highest BCUT2D eigenvalue weighted by atomic mass is 32.2. The molecule has 1 aromatic carbocycles. The number of cyclic esters (lactones) is 1. The molecule has 0 amide bonds. The summed E-state index contributed by atoms with van der Waals surface area (Å²) >= 11 is 1.26. The number of benzene rings is 1. The van der Waals surface area contributed by atoms with E-state index in [-0.39, 0.29) is 11.2 Å². The van der Waals surface area contributed by atoms with Gasteiger partial charge in [-0.25, -0.2) is 0 Å². The van der Waals surface area contributed by atoms with E-state index in [0.717, 1.165) is 5.56 Å². The molecule has 1 aromatic heterocycles. The maximum absolute atomic E-state index is 11.3. The van der Waals surface area contributed by atoms with Gasteiger partial charge in [-0.1, -0.05) is 18.2 Å². The molecule has 0 aliphatic carbocycles. The summed E-state index contributed by atoms with van der Waals surface area (Å²) in [6.07, 6.45) is 0.687. The third-order valence-corrected chi connectivity index (χ3v) is 3.64. The third-order valence-electron chi connectivity index (χ3n) is 2.56. The first kappa shape index (κ1) is 11.3. The van der Waals surface area contributed by atoms with E-state index in [1.807, 2.05) is 30.3 Å². The Hall–Kier alpha value is -1.82. The molecule has 0 radical (unpaired) electrons. The van der Waals surface area contributed by atoms with Crippen LogP contribution in [0, 0.1) is 0 Å². The van der Waals surface area contributed by atoms with Gasteiger partial charge in [0.1, 0.15) is 5.25 Å². The summed E-state index contributed by atoms with van der Waals surface area (Å²) in [6, 6.07) is 9.52. The lowest BCUT2D eigenvalue weighted by Gasteiger charge is -1.99. The first-order chi connectivity index (χ1) is 8.83. The smallest absolute Gasteiger partial charge is 0.319 e. The van der Waals surface area contributed by atoms with Crippen LogP contribution in [0.2, 0.25) is 0 Å². The van der Waals surface area contributed by atoms with Crippen LogP contribution in [-0.4, -0.2) is 28.0 Å². The average molecular weight is 262 g/mol. The highest BCUT2D eigenvalue weighted by Gasteiger charge is 2.29. The zero-order valence-electron chi connectivity index (χ0n) is 9.41. The predicted octanol–water partition coefficient (Wildman–Crippen LogP) is 2.14. The van der Waals surface area contributed by atoms with Crippen molar-refractivity contribution in [2.45, 2.75) is 16.9 Å². The highest BCUT2D eigenvalue weighted by molar-refractivity contribution is 8.00. The van der Waals surface area contributed by atoms with Gasteiger partial charge in [-0.3, -0.25) is 4.79 Å². The molecule has 0 saturated carbocycles. The quantitative estimate of drug-likeness (QED) is 0.790. The molecule has 1 aliphatic heterocycles. The lowest BCUT2D eigenvalue weighted by atomic mass is 10.2. The number of hydrogen-bond donors (Lipinski definition) is 0. The van der Waals surface area contributed by atoms with Gasteiger partial charge >= 0.3 is 5.97 Å². The number of ether oxygens (including phenoxy) is 1. The summed E-state index contributed by atoms with van der Waals surface area (Å²) in [5.74, 6) is 0.254. The molecule has 1 fully saturated rings. The van der Waals surface area contributed by atoms with Gasteiger partial charge in [-0.15, -0.1) is 10.2 Å². The van der Waals surface area contributed by atoms with Crippen molar-refractivity contribution in [3.05, 3.63) is 30.3 Å². The number of esters is 1. The van der Waals surface area contributed by atoms with Gasteiger partial charge in [0.2, 0.25) is 5.89 Å². The van der Waals surface area contributed by atoms with Crippen molar-refractivity contribution < 1.29 is 13.9 Å². The molecule has 0 spiro atoms. The molecule has 2 heterocycles. The largest absolute Gasteiger partial charge is 0.465 e. The van der Waals surface area contributed by atoms with E-state index in [9.17, 15) is 4.79 Å². The molecule has 0 unspecified atom stereocenters. The van der Waals surface area contributed by atoms with Crippen molar-refractivity contribution in [2.75, 3.05) is 6.61 Å². The molecule has 0 bridgehead atoms. The van der Waals surface area contributed by atoms with Gasteiger partial charge in [0.25, 0.3) is 5.22 Å². The van der Waals surface area contributed by atoms with Crippen LogP contribution in [0.4, 0.5) is 0 Å². The lowest BCUT2D eigenvalue weighted by Crippen LogP contribution is -2.09. The Balaban J connectivity index is 1.76. The van der Waals surface area contributed by atoms with Gasteiger partial charge < -0.3 is 9.15 Å². The summed E-state index contributed by atoms with van der Waals surface area (Å²) in [7, 11) is 0. The normalized spacial score (nSPS) is 18.9. The van der Waals surface area contributed by atoms with Crippen molar-refractivity contribution in [2.24, 2.45) is 0 Å². The van der Waals surface area contributed by atoms with Crippen molar-refractivity contribution >= 4 is 17.7 Å². The second-order valence-corrected chi connectivity index (χ2v) is 4.96. The zero-order valence-corrected chi connectivity index (χ0v) is 10.2. The van der Waals surface area contributed by atoms with E-state index in [4.69, 9.17) is 9.15 Å². The molecule has 18 heavy (non-hydrogen) atoms. The Bertz CT molecular complexity index is 555. The van der Waals surface area contributed by atoms with Crippen LogP contribution in [-0.2, 0) is 9.53 Å². The van der Waals surface area contributed by atoms with Gasteiger partial charge in [0.05, 0.1) is 6.61 Å². The summed E-state index contributed by atoms with van der Waals surface area (Å²) in [6.45, 7) is 0.468. The Labute approximate surface area is 108 Å². The maximum atomic E-state index is 11.3. The molecule has 1 atom stereocenters. The number of carbonyl (C=O) groups is 1. The summed E-state index contributed by atoms with van der Waals surface area (Å²) in [4.78, 5) is 11.3. The number of nitrogens with zero attached hydrogens (tertiary/aromatic N) is 2. The van der Waals surface area contributed by atoms with Crippen molar-refractivity contribution in [1.29, 1.82) is 0 Å². The first-order valence-electron chi connectivity index (χ1n) is 5.55. The Morgan fingerprint density at radius 2 is 2.06 bits per heavy atom. The number of carbonyl (C=O) groups excluding carboxylic acids is 1. The highest BCUT2D eigenvalue weighted by Crippen LogP contribution is 2.30. The average Bonchev–Trinajstić information content (AvgIpc) is 3.02. The van der Waals surface area contributed by atoms with Gasteiger partial charge in [-0.2, -0.15) is 0 Å². The van der Waals surface area contributed by atoms with Gasteiger partial charge in [0.15, 0.2) is 0 Å². The lowest BCUT2D eigenvalue weighted by molar-refractivity contribution is -0.137. The molecule has 3 rings (SSSR count). The predicted molar refractivity (Wildman–Crippen MR) is 65.0 cm³/mol. The van der Waals surface area contributed by atoms with Crippen molar-refractivity contribution in [3.63, 3.8) is 0 Å². The molecule has 6 heteroatoms. The standard InChI is InChI=1S/C12H10N2O3S/c15-11-9(6-7-16-11)18-12-14-13-10(17-12)8-4-2-1-3-5-8/h1-5,9H,6-7H2/t9-/m1/s1. The molecular formula is C12H10N2O3S. The van der Waals surface area contributed by atoms with E-state index in [2.05, 4.69) is 10.2 Å². The van der Waals surface area contributed by atoms with Gasteiger partial charge in [0, 0.05) is 12.0 Å². The van der Waals surface area contributed by atoms with Crippen LogP contribution in [0.3, 0.4) is 0 Å². The second kappa shape index (κ2) is 4.81. The minimum Gasteiger partial charge on any atom is -0.465 e. The molecule has 0 N–H and O–H groups in total. The fourth-order valence-corrected chi connectivity index (χ4v) is 2.50. The van der Waals surface area contributed by atoms with Crippen LogP contribution >= 0.6 is 11.8 Å². The summed E-state index contributed by atoms with van der Waals surface area (Å²) < 4.78 is 10.4. The second-order valence-electron chi connectivity index (χ2n) is 3.80. The minimum atomic E-state index is -0.228. The van der Waals surface area contributed by atoms with Crippen LogP contribution in [0.25, 0.3) is 11.5 Å². The molecule has 5 nitrogen and oxygen atoms in total. The zero-order chi connectivity index (χ0) is 12.4. The maximum Gasteiger partial charge on any atom is 0.319 e. The van der Waals surface area contributed by atoms with Gasteiger partial charge in [-0.05, 0) is 23.9 Å². The summed E-state index contributed by atoms with van der Waals surface area (Å²) in [5, 5.41) is 8.07. The fourth-order valence-electron chi connectivity index (χ4n) is 1.66. The van der Waals surface area contributed by atoms with Crippen LogP contribution in [0.15, 0.2) is 40.0 Å². The fraction of sp³-hybridized carbons (Fsp3) is 0.250. The molecule has 1 saturated heterocycles. The topological polar surface area (TPSA) is 65.2 Å². The van der Waals surface area contributed by atoms with E-state index in [1.165, 1.54) is 11.8 Å². The number of hydrogen-bond acceptors (Lipinski definition) is 6. The first-order valence-corrected chi connectivity index (χ1v) is 6.43. The molecule has 92 valence electrons. The van der Waals surface area contributed by atoms with E-state index in [1.54, 1.807) is 0 Å². The molecule has 2 aromatic rings. The Morgan fingerprint density at radius 1 is 1.22 bits per heavy atom. The van der Waals surface area contributed by atoms with Crippen LogP contribution in [0.1, 0.15) is 6.42 Å². The third kappa shape index (κ3) is 2.24. The van der Waals surface area contributed by atoms with Crippen LogP contribution in [0.5, 0.6) is 0 Å². The Morgan fingerprint density at radius 3 is 2.78 bits per heavy atom. The van der Waals surface area contributed by atoms with E-state index < -0.39 is 0 Å². The Kier molecular flexibility index (Phi) is 3.02. The number of aromatic nitrogens is 2. The van der Waals surface area contributed by atoms with Crippen molar-refractivity contribution in [3.8, 4) is 11.5 Å².